The normalized spacial score (nSPS) is 10.8. The van der Waals surface area contributed by atoms with Crippen LogP contribution in [0.5, 0.6) is 0 Å². The topological polar surface area (TPSA) is 139 Å². The number of carbonyl (C=O) groups is 2. The number of nitro groups is 1. The molecule has 0 bridgehead atoms. The van der Waals surface area contributed by atoms with Crippen molar-refractivity contribution in [3.63, 3.8) is 0 Å². The van der Waals surface area contributed by atoms with Crippen LogP contribution in [0.1, 0.15) is 32.1 Å². The van der Waals surface area contributed by atoms with E-state index in [1.807, 2.05) is 11.5 Å². The Bertz CT molecular complexity index is 973. The molecular formula is C17H20N4O6. The molecule has 0 radical (unpaired) electrons. The number of Topliss-reactive ketones (excluding diaryl/α,β-unsaturated/α-hetero) is 1. The van der Waals surface area contributed by atoms with Crippen molar-refractivity contribution in [2.24, 2.45) is 5.73 Å². The smallest absolute Gasteiger partial charge is 0.286 e. The molecule has 144 valence electrons. The van der Waals surface area contributed by atoms with E-state index in [0.717, 1.165) is 22.5 Å². The van der Waals surface area contributed by atoms with E-state index in [0.29, 0.717) is 24.4 Å². The van der Waals surface area contributed by atoms with Crippen LogP contribution in [0.4, 0.5) is 5.69 Å². The number of nitrogens with zero attached hydrogens (tertiary/aromatic N) is 3. The zero-order chi connectivity index (χ0) is 20.3. The number of methoxy groups -OCH3 is 1. The van der Waals surface area contributed by atoms with Gasteiger partial charge in [-0.2, -0.15) is 0 Å². The van der Waals surface area contributed by atoms with Crippen LogP contribution in [0.3, 0.4) is 0 Å². The van der Waals surface area contributed by atoms with Crippen molar-refractivity contribution in [1.82, 2.24) is 9.13 Å². The van der Waals surface area contributed by atoms with E-state index in [1.165, 1.54) is 0 Å². The van der Waals surface area contributed by atoms with Gasteiger partial charge in [-0.05, 0) is 19.9 Å². The van der Waals surface area contributed by atoms with Gasteiger partial charge in [0.25, 0.3) is 17.2 Å². The lowest BCUT2D eigenvalue weighted by Crippen LogP contribution is -2.31. The van der Waals surface area contributed by atoms with Crippen molar-refractivity contribution in [3.05, 3.63) is 61.3 Å². The van der Waals surface area contributed by atoms with Gasteiger partial charge in [-0.3, -0.25) is 24.5 Å². The number of ether oxygens (including phenoxy) is 1. The molecule has 0 fully saturated rings. The molecule has 0 aliphatic heterocycles. The number of carbonyl (C=O) groups excluding carboxylic acids is 2. The molecule has 10 heteroatoms. The van der Waals surface area contributed by atoms with E-state index in [1.54, 1.807) is 20.1 Å². The van der Waals surface area contributed by atoms with Gasteiger partial charge in [-0.25, -0.2) is 0 Å². The van der Waals surface area contributed by atoms with Gasteiger partial charge in [0.05, 0.1) is 24.3 Å². The number of rotatable bonds is 8. The molecule has 2 heterocycles. The van der Waals surface area contributed by atoms with E-state index in [4.69, 9.17) is 10.5 Å². The minimum absolute atomic E-state index is 0.391. The highest BCUT2D eigenvalue weighted by Gasteiger charge is 2.21. The maximum Gasteiger partial charge on any atom is 0.286 e. The van der Waals surface area contributed by atoms with Crippen LogP contribution >= 0.6 is 0 Å². The maximum absolute atomic E-state index is 12.7. The van der Waals surface area contributed by atoms with E-state index in [9.17, 15) is 24.5 Å². The van der Waals surface area contributed by atoms with Crippen molar-refractivity contribution in [2.75, 3.05) is 13.7 Å². The summed E-state index contributed by atoms with van der Waals surface area (Å²) >= 11 is 0. The zero-order valence-electron chi connectivity index (χ0n) is 15.2. The lowest BCUT2D eigenvalue weighted by molar-refractivity contribution is -0.385. The number of nitrogens with two attached hydrogens (primary N) is 1. The van der Waals surface area contributed by atoms with E-state index >= 15 is 0 Å². The van der Waals surface area contributed by atoms with Crippen molar-refractivity contribution < 1.29 is 19.2 Å². The van der Waals surface area contributed by atoms with Crippen LogP contribution in [0.2, 0.25) is 0 Å². The third-order valence-electron chi connectivity index (χ3n) is 4.25. The third-order valence-corrected chi connectivity index (χ3v) is 4.25. The number of amides is 1. The van der Waals surface area contributed by atoms with Crippen molar-refractivity contribution in [1.29, 1.82) is 0 Å². The summed E-state index contributed by atoms with van der Waals surface area (Å²) in [5.74, 6) is -1.51. The average Bonchev–Trinajstić information content (AvgIpc) is 2.88. The Labute approximate surface area is 154 Å². The molecule has 2 rings (SSSR count). The van der Waals surface area contributed by atoms with Crippen molar-refractivity contribution >= 4 is 17.4 Å². The Balaban J connectivity index is 2.43. The first-order valence-electron chi connectivity index (χ1n) is 8.05. The maximum atomic E-state index is 12.7. The molecule has 0 aromatic carbocycles. The molecule has 27 heavy (non-hydrogen) atoms. The van der Waals surface area contributed by atoms with Gasteiger partial charge in [-0.15, -0.1) is 0 Å². The van der Waals surface area contributed by atoms with Crippen LogP contribution in [0, 0.1) is 24.0 Å². The lowest BCUT2D eigenvalue weighted by atomic mass is 10.1. The number of pyridine rings is 1. The van der Waals surface area contributed by atoms with Gasteiger partial charge in [0.15, 0.2) is 5.78 Å². The number of ketones is 1. The number of hydrogen-bond acceptors (Lipinski definition) is 6. The summed E-state index contributed by atoms with van der Waals surface area (Å²) in [4.78, 5) is 46.7. The van der Waals surface area contributed by atoms with Crippen molar-refractivity contribution in [2.45, 2.75) is 26.9 Å². The molecule has 1 amide bonds. The lowest BCUT2D eigenvalue weighted by Gasteiger charge is -2.09. The molecule has 0 saturated carbocycles. The number of primary amides is 1. The average molecular weight is 376 g/mol. The Morgan fingerprint density at radius 3 is 2.48 bits per heavy atom. The van der Waals surface area contributed by atoms with E-state index in [2.05, 4.69) is 0 Å². The Hall–Kier alpha value is -3.27. The second-order valence-electron chi connectivity index (χ2n) is 6.02. The van der Waals surface area contributed by atoms with Gasteiger partial charge in [0, 0.05) is 36.7 Å². The summed E-state index contributed by atoms with van der Waals surface area (Å²) in [7, 11) is 1.57. The summed E-state index contributed by atoms with van der Waals surface area (Å²) in [6.07, 6.45) is 0.927. The quantitative estimate of drug-likeness (QED) is 0.411. The molecule has 2 aromatic heterocycles. The highest BCUT2D eigenvalue weighted by Crippen LogP contribution is 2.17. The molecule has 0 spiro atoms. The molecule has 0 saturated heterocycles. The molecule has 0 aliphatic rings. The monoisotopic (exact) mass is 376 g/mol. The van der Waals surface area contributed by atoms with Crippen LogP contribution in [-0.4, -0.2) is 39.5 Å². The highest BCUT2D eigenvalue weighted by atomic mass is 16.6. The number of hydrogen-bond donors (Lipinski definition) is 1. The van der Waals surface area contributed by atoms with Gasteiger partial charge < -0.3 is 19.6 Å². The third kappa shape index (κ3) is 4.11. The fourth-order valence-electron chi connectivity index (χ4n) is 2.86. The first kappa shape index (κ1) is 20.0. The van der Waals surface area contributed by atoms with Crippen LogP contribution < -0.4 is 11.3 Å². The Morgan fingerprint density at radius 2 is 1.93 bits per heavy atom. The summed E-state index contributed by atoms with van der Waals surface area (Å²) in [6, 6.07) is 2.49. The minimum atomic E-state index is -1.09. The Morgan fingerprint density at radius 1 is 1.26 bits per heavy atom. The predicted octanol–water partition coefficient (Wildman–Crippen LogP) is 0.803. The molecule has 10 nitrogen and oxygen atoms in total. The highest BCUT2D eigenvalue weighted by molar-refractivity contribution is 5.97. The summed E-state index contributed by atoms with van der Waals surface area (Å²) in [5, 5.41) is 11.0. The molecule has 0 atom stereocenters. The summed E-state index contributed by atoms with van der Waals surface area (Å²) in [5.41, 5.74) is 5.16. The molecule has 0 unspecified atom stereocenters. The summed E-state index contributed by atoms with van der Waals surface area (Å²) < 4.78 is 7.79. The Kier molecular flexibility index (Phi) is 5.91. The second-order valence-corrected chi connectivity index (χ2v) is 6.02. The largest absolute Gasteiger partial charge is 0.383 e. The fourth-order valence-corrected chi connectivity index (χ4v) is 2.86. The van der Waals surface area contributed by atoms with Crippen LogP contribution in [0.15, 0.2) is 23.1 Å². The van der Waals surface area contributed by atoms with Gasteiger partial charge >= 0.3 is 0 Å². The number of aryl methyl sites for hydroxylation is 1. The van der Waals surface area contributed by atoms with Gasteiger partial charge in [-0.1, -0.05) is 0 Å². The van der Waals surface area contributed by atoms with Gasteiger partial charge in [0.2, 0.25) is 0 Å². The van der Waals surface area contributed by atoms with Crippen molar-refractivity contribution in [3.8, 4) is 0 Å². The van der Waals surface area contributed by atoms with Crippen LogP contribution in [0.25, 0.3) is 0 Å². The second kappa shape index (κ2) is 7.96. The van der Waals surface area contributed by atoms with Crippen LogP contribution in [-0.2, 0) is 17.8 Å². The molecule has 0 aliphatic carbocycles. The summed E-state index contributed by atoms with van der Waals surface area (Å²) in [6.45, 7) is 4.18. The predicted molar refractivity (Wildman–Crippen MR) is 96.0 cm³/mol. The van der Waals surface area contributed by atoms with E-state index in [-0.39, 0.29) is 0 Å². The molecule has 2 N–H and O–H groups in total. The first-order chi connectivity index (χ1) is 12.7. The standard InChI is InChI=1S/C17H20N4O6/c1-10-6-13(11(2)20(10)4-5-27-3)15(22)9-19-8-12(21(25)26)7-14(16(18)23)17(19)24/h6-8H,4-5,9H2,1-3H3,(H2,18,23). The fraction of sp³-hybridized carbons (Fsp3) is 0.353. The minimum Gasteiger partial charge on any atom is -0.383 e. The first-order valence-corrected chi connectivity index (χ1v) is 8.05. The SMILES string of the molecule is COCCn1c(C)cc(C(=O)Cn2cc([N+](=O)[O-])cc(C(N)=O)c2=O)c1C. The van der Waals surface area contributed by atoms with E-state index < -0.39 is 40.0 Å². The zero-order valence-corrected chi connectivity index (χ0v) is 15.2. The van der Waals surface area contributed by atoms with Gasteiger partial charge in [0.1, 0.15) is 5.56 Å². The number of aromatic nitrogens is 2. The molecular weight excluding hydrogens is 356 g/mol. The molecule has 2 aromatic rings.